The molecular formula is C20H27N5O2. The highest BCUT2D eigenvalue weighted by atomic mass is 16.5. The molecule has 7 nitrogen and oxygen atoms in total. The predicted octanol–water partition coefficient (Wildman–Crippen LogP) is 1.06. The molecule has 2 saturated heterocycles. The number of hydrazine groups is 1. The van der Waals surface area contributed by atoms with Gasteiger partial charge in [-0.25, -0.2) is 10.9 Å². The molecular weight excluding hydrogens is 342 g/mol. The second-order valence-corrected chi connectivity index (χ2v) is 7.68. The van der Waals surface area contributed by atoms with E-state index in [1.54, 1.807) is 7.11 Å². The maximum absolute atomic E-state index is 9.86. The first kappa shape index (κ1) is 18.3. The van der Waals surface area contributed by atoms with Crippen LogP contribution in [0.4, 0.5) is 0 Å². The summed E-state index contributed by atoms with van der Waals surface area (Å²) in [5, 5.41) is 9.86. The highest BCUT2D eigenvalue weighted by molar-refractivity contribution is 5.36. The summed E-state index contributed by atoms with van der Waals surface area (Å²) < 4.78 is 11.2. The van der Waals surface area contributed by atoms with Crippen LogP contribution in [0.25, 0.3) is 0 Å². The standard InChI is InChI=1S/C20H27N5O2/c1-26-13-16-17-19(24-23-16)27-18(22)15(11-21)20(17)7-9-25(10-8-20)12-14-5-3-2-4-6-14/h2-6,16-17,19,23-24H,7-10,12-13,22H2,1H3. The van der Waals surface area contributed by atoms with Crippen molar-refractivity contribution >= 4 is 0 Å². The fourth-order valence-electron chi connectivity index (χ4n) is 4.99. The van der Waals surface area contributed by atoms with Gasteiger partial charge in [-0.05, 0) is 31.5 Å². The van der Waals surface area contributed by atoms with Crippen molar-refractivity contribution < 1.29 is 9.47 Å². The van der Waals surface area contributed by atoms with E-state index < -0.39 is 0 Å². The Balaban J connectivity index is 1.57. The monoisotopic (exact) mass is 369 g/mol. The minimum atomic E-state index is -0.283. The van der Waals surface area contributed by atoms with Gasteiger partial charge in [-0.15, -0.1) is 0 Å². The molecule has 3 heterocycles. The molecule has 1 spiro atoms. The van der Waals surface area contributed by atoms with Crippen LogP contribution in [0.2, 0.25) is 0 Å². The van der Waals surface area contributed by atoms with Crippen LogP contribution in [0.3, 0.4) is 0 Å². The van der Waals surface area contributed by atoms with Gasteiger partial charge in [0.15, 0.2) is 6.23 Å². The molecule has 3 atom stereocenters. The van der Waals surface area contributed by atoms with Crippen molar-refractivity contribution in [3.63, 3.8) is 0 Å². The summed E-state index contributed by atoms with van der Waals surface area (Å²) in [6.07, 6.45) is 1.54. The first-order chi connectivity index (χ1) is 13.2. The zero-order valence-corrected chi connectivity index (χ0v) is 15.6. The quantitative estimate of drug-likeness (QED) is 0.730. The summed E-state index contributed by atoms with van der Waals surface area (Å²) in [6.45, 7) is 3.35. The fraction of sp³-hybridized carbons (Fsp3) is 0.550. The van der Waals surface area contributed by atoms with Crippen LogP contribution < -0.4 is 16.6 Å². The first-order valence-corrected chi connectivity index (χ1v) is 9.51. The van der Waals surface area contributed by atoms with Gasteiger partial charge in [0.25, 0.3) is 0 Å². The van der Waals surface area contributed by atoms with E-state index in [4.69, 9.17) is 15.2 Å². The summed E-state index contributed by atoms with van der Waals surface area (Å²) in [5.74, 6) is 0.376. The molecule has 0 radical (unpaired) electrons. The Morgan fingerprint density at radius 3 is 2.70 bits per heavy atom. The number of methoxy groups -OCH3 is 1. The van der Waals surface area contributed by atoms with Gasteiger partial charge in [0.2, 0.25) is 5.88 Å². The van der Waals surface area contributed by atoms with Crippen molar-refractivity contribution in [1.82, 2.24) is 15.8 Å². The van der Waals surface area contributed by atoms with Gasteiger partial charge in [-0.2, -0.15) is 5.26 Å². The molecule has 1 aromatic rings. The number of piperidine rings is 1. The highest BCUT2D eigenvalue weighted by Gasteiger charge is 2.58. The number of rotatable bonds is 4. The number of nitrogens with two attached hydrogens (primary N) is 1. The molecule has 144 valence electrons. The van der Waals surface area contributed by atoms with Gasteiger partial charge in [0, 0.05) is 25.0 Å². The molecule has 2 fully saturated rings. The van der Waals surface area contributed by atoms with Crippen LogP contribution in [-0.4, -0.2) is 44.0 Å². The molecule has 3 aliphatic heterocycles. The molecule has 3 aliphatic rings. The molecule has 0 saturated carbocycles. The Kier molecular flexibility index (Phi) is 5.06. The van der Waals surface area contributed by atoms with Crippen molar-refractivity contribution in [3.05, 3.63) is 47.4 Å². The van der Waals surface area contributed by atoms with E-state index in [1.807, 2.05) is 6.07 Å². The minimum Gasteiger partial charge on any atom is -0.458 e. The third-order valence-electron chi connectivity index (χ3n) is 6.26. The van der Waals surface area contributed by atoms with Gasteiger partial charge in [0.05, 0.1) is 18.2 Å². The molecule has 3 unspecified atom stereocenters. The van der Waals surface area contributed by atoms with E-state index in [2.05, 4.69) is 46.1 Å². The van der Waals surface area contributed by atoms with Crippen molar-refractivity contribution in [2.45, 2.75) is 31.7 Å². The number of nitriles is 1. The summed E-state index contributed by atoms with van der Waals surface area (Å²) >= 11 is 0. The molecule has 4 rings (SSSR count). The summed E-state index contributed by atoms with van der Waals surface area (Å²) in [6, 6.07) is 13.0. The zero-order chi connectivity index (χ0) is 18.9. The lowest BCUT2D eigenvalue weighted by atomic mass is 9.61. The second kappa shape index (κ2) is 7.49. The van der Waals surface area contributed by atoms with E-state index in [0.717, 1.165) is 32.5 Å². The summed E-state index contributed by atoms with van der Waals surface area (Å²) in [4.78, 5) is 2.46. The van der Waals surface area contributed by atoms with Crippen LogP contribution >= 0.6 is 0 Å². The number of nitrogens with zero attached hydrogens (tertiary/aromatic N) is 2. The largest absolute Gasteiger partial charge is 0.458 e. The maximum Gasteiger partial charge on any atom is 0.200 e. The van der Waals surface area contributed by atoms with E-state index in [-0.39, 0.29) is 29.5 Å². The van der Waals surface area contributed by atoms with Crippen LogP contribution in [0.5, 0.6) is 0 Å². The maximum atomic E-state index is 9.86. The van der Waals surface area contributed by atoms with Gasteiger partial charge >= 0.3 is 0 Å². The lowest BCUT2D eigenvalue weighted by molar-refractivity contribution is -0.0507. The minimum absolute atomic E-state index is 0.0807. The van der Waals surface area contributed by atoms with Gasteiger partial charge in [0.1, 0.15) is 6.07 Å². The van der Waals surface area contributed by atoms with Gasteiger partial charge in [-0.3, -0.25) is 4.90 Å². The molecule has 0 bridgehead atoms. The molecule has 4 N–H and O–H groups in total. The number of fused-ring (bicyclic) bond motifs is 2. The zero-order valence-electron chi connectivity index (χ0n) is 15.6. The molecule has 0 aromatic heterocycles. The lowest BCUT2D eigenvalue weighted by Gasteiger charge is -2.50. The number of benzene rings is 1. The number of hydrogen-bond acceptors (Lipinski definition) is 7. The Bertz CT molecular complexity index is 736. The Morgan fingerprint density at radius 1 is 1.30 bits per heavy atom. The predicted molar refractivity (Wildman–Crippen MR) is 101 cm³/mol. The normalized spacial score (nSPS) is 30.0. The molecule has 1 aromatic carbocycles. The number of allylic oxidation sites excluding steroid dienone is 1. The highest BCUT2D eigenvalue weighted by Crippen LogP contribution is 2.52. The SMILES string of the molecule is COCC1NNC2OC(N)=C(C#N)C3(CCN(Cc4ccccc4)CC3)C12. The number of ether oxygens (including phenoxy) is 2. The van der Waals surface area contributed by atoms with E-state index in [9.17, 15) is 5.26 Å². The van der Waals surface area contributed by atoms with Crippen LogP contribution in [0.15, 0.2) is 41.8 Å². The van der Waals surface area contributed by atoms with Crippen molar-refractivity contribution in [2.24, 2.45) is 17.1 Å². The molecule has 0 aliphatic carbocycles. The topological polar surface area (TPSA) is 95.6 Å². The average Bonchev–Trinajstić information content (AvgIpc) is 3.08. The van der Waals surface area contributed by atoms with Crippen LogP contribution in [-0.2, 0) is 16.0 Å². The van der Waals surface area contributed by atoms with Crippen molar-refractivity contribution in [2.75, 3.05) is 26.8 Å². The smallest absolute Gasteiger partial charge is 0.200 e. The summed E-state index contributed by atoms with van der Waals surface area (Å²) in [7, 11) is 1.70. The summed E-state index contributed by atoms with van der Waals surface area (Å²) in [5.41, 5.74) is 14.3. The third kappa shape index (κ3) is 3.19. The van der Waals surface area contributed by atoms with Crippen molar-refractivity contribution in [1.29, 1.82) is 5.26 Å². The Labute approximate surface area is 160 Å². The molecule has 0 amide bonds. The molecule has 7 heteroatoms. The number of nitrogens with one attached hydrogen (secondary N) is 2. The third-order valence-corrected chi connectivity index (χ3v) is 6.26. The van der Waals surface area contributed by atoms with E-state index in [0.29, 0.717) is 12.2 Å². The number of hydrogen-bond donors (Lipinski definition) is 3. The Hall–Kier alpha value is -2.11. The van der Waals surface area contributed by atoms with E-state index >= 15 is 0 Å². The Morgan fingerprint density at radius 2 is 2.04 bits per heavy atom. The average molecular weight is 369 g/mol. The lowest BCUT2D eigenvalue weighted by Crippen LogP contribution is -2.54. The number of likely N-dealkylation sites (tertiary alicyclic amines) is 1. The fourth-order valence-corrected chi connectivity index (χ4v) is 4.99. The molecule has 27 heavy (non-hydrogen) atoms. The first-order valence-electron chi connectivity index (χ1n) is 9.51. The van der Waals surface area contributed by atoms with Crippen molar-refractivity contribution in [3.8, 4) is 6.07 Å². The van der Waals surface area contributed by atoms with Gasteiger partial charge < -0.3 is 15.2 Å². The van der Waals surface area contributed by atoms with Crippen LogP contribution in [0, 0.1) is 22.7 Å². The van der Waals surface area contributed by atoms with Gasteiger partial charge in [-0.1, -0.05) is 30.3 Å². The second-order valence-electron chi connectivity index (χ2n) is 7.68. The van der Waals surface area contributed by atoms with Crippen LogP contribution in [0.1, 0.15) is 18.4 Å². The van der Waals surface area contributed by atoms with E-state index in [1.165, 1.54) is 5.56 Å².